The molecule has 0 radical (unpaired) electrons. The van der Waals surface area contributed by atoms with E-state index in [-0.39, 0.29) is 18.4 Å². The van der Waals surface area contributed by atoms with Gasteiger partial charge in [-0.05, 0) is 18.6 Å². The molecule has 0 aliphatic carbocycles. The third-order valence-electron chi connectivity index (χ3n) is 3.72. The lowest BCUT2D eigenvalue weighted by molar-refractivity contribution is -0.156. The van der Waals surface area contributed by atoms with Gasteiger partial charge in [-0.1, -0.05) is 25.1 Å². The molecule has 2 rings (SSSR count). The standard InChI is InChI=1S/C15H20N2O3/c1-3-15(20)10-17(11-15)13(18)9-16(2)14(19)12-7-5-4-6-8-12/h4-8,20H,3,9-11H2,1-2H3. The van der Waals surface area contributed by atoms with Gasteiger partial charge < -0.3 is 14.9 Å². The van der Waals surface area contributed by atoms with Crippen LogP contribution in [0, 0.1) is 0 Å². The maximum atomic E-state index is 12.1. The minimum atomic E-state index is -0.738. The van der Waals surface area contributed by atoms with Crippen LogP contribution in [0.2, 0.25) is 0 Å². The molecule has 1 aliphatic rings. The summed E-state index contributed by atoms with van der Waals surface area (Å²) in [5.41, 5.74) is -0.172. The van der Waals surface area contributed by atoms with Crippen molar-refractivity contribution in [3.05, 3.63) is 35.9 Å². The Bertz CT molecular complexity index is 495. The zero-order chi connectivity index (χ0) is 14.8. The number of likely N-dealkylation sites (N-methyl/N-ethyl adjacent to an activating group) is 1. The van der Waals surface area contributed by atoms with Crippen LogP contribution in [0.1, 0.15) is 23.7 Å². The van der Waals surface area contributed by atoms with Gasteiger partial charge in [0.15, 0.2) is 0 Å². The van der Waals surface area contributed by atoms with E-state index in [0.717, 1.165) is 0 Å². The molecule has 0 atom stereocenters. The first-order valence-electron chi connectivity index (χ1n) is 6.76. The van der Waals surface area contributed by atoms with Gasteiger partial charge in [0.2, 0.25) is 5.91 Å². The van der Waals surface area contributed by atoms with Crippen molar-refractivity contribution < 1.29 is 14.7 Å². The van der Waals surface area contributed by atoms with Crippen molar-refractivity contribution in [2.75, 3.05) is 26.7 Å². The lowest BCUT2D eigenvalue weighted by atomic mass is 9.91. The summed E-state index contributed by atoms with van der Waals surface area (Å²) in [7, 11) is 1.61. The summed E-state index contributed by atoms with van der Waals surface area (Å²) in [6.07, 6.45) is 0.634. The van der Waals surface area contributed by atoms with Crippen molar-refractivity contribution in [3.63, 3.8) is 0 Å². The number of carbonyl (C=O) groups is 2. The second-order valence-corrected chi connectivity index (χ2v) is 5.35. The average molecular weight is 276 g/mol. The molecule has 1 N–H and O–H groups in total. The summed E-state index contributed by atoms with van der Waals surface area (Å²) in [5.74, 6) is -0.305. The molecule has 5 nitrogen and oxygen atoms in total. The topological polar surface area (TPSA) is 60.9 Å². The zero-order valence-electron chi connectivity index (χ0n) is 11.9. The monoisotopic (exact) mass is 276 g/mol. The summed E-state index contributed by atoms with van der Waals surface area (Å²) in [6.45, 7) is 2.64. The molecular weight excluding hydrogens is 256 g/mol. The fourth-order valence-corrected chi connectivity index (χ4v) is 2.24. The number of amides is 2. The van der Waals surface area contributed by atoms with Gasteiger partial charge in [0, 0.05) is 12.6 Å². The van der Waals surface area contributed by atoms with Crippen molar-refractivity contribution >= 4 is 11.8 Å². The highest BCUT2D eigenvalue weighted by atomic mass is 16.3. The summed E-state index contributed by atoms with van der Waals surface area (Å²) in [4.78, 5) is 27.1. The van der Waals surface area contributed by atoms with Gasteiger partial charge in [-0.2, -0.15) is 0 Å². The van der Waals surface area contributed by atoms with Gasteiger partial charge in [0.1, 0.15) is 0 Å². The summed E-state index contributed by atoms with van der Waals surface area (Å²) in [6, 6.07) is 8.87. The Morgan fingerprint density at radius 1 is 1.30 bits per heavy atom. The van der Waals surface area contributed by atoms with Crippen molar-refractivity contribution in [3.8, 4) is 0 Å². The molecule has 1 aromatic rings. The third-order valence-corrected chi connectivity index (χ3v) is 3.72. The van der Waals surface area contributed by atoms with Crippen molar-refractivity contribution in [1.82, 2.24) is 9.80 Å². The highest BCUT2D eigenvalue weighted by molar-refractivity contribution is 5.96. The summed E-state index contributed by atoms with van der Waals surface area (Å²) in [5, 5.41) is 9.88. The Hall–Kier alpha value is -1.88. The van der Waals surface area contributed by atoms with Crippen molar-refractivity contribution in [2.45, 2.75) is 18.9 Å². The highest BCUT2D eigenvalue weighted by Crippen LogP contribution is 2.24. The first kappa shape index (κ1) is 14.5. The molecule has 5 heteroatoms. The maximum Gasteiger partial charge on any atom is 0.254 e. The number of carbonyl (C=O) groups excluding carboxylic acids is 2. The molecule has 0 unspecified atom stereocenters. The van der Waals surface area contributed by atoms with Gasteiger partial charge in [-0.15, -0.1) is 0 Å². The van der Waals surface area contributed by atoms with Crippen LogP contribution in [0.3, 0.4) is 0 Å². The molecule has 0 spiro atoms. The minimum absolute atomic E-state index is 0.0352. The predicted octanol–water partition coefficient (Wildman–Crippen LogP) is 0.742. The fourth-order valence-electron chi connectivity index (χ4n) is 2.24. The summed E-state index contributed by atoms with van der Waals surface area (Å²) < 4.78 is 0. The molecule has 1 aromatic carbocycles. The second-order valence-electron chi connectivity index (χ2n) is 5.35. The Morgan fingerprint density at radius 3 is 2.45 bits per heavy atom. The van der Waals surface area contributed by atoms with Gasteiger partial charge in [-0.3, -0.25) is 9.59 Å². The van der Waals surface area contributed by atoms with Crippen LogP contribution in [0.25, 0.3) is 0 Å². The van der Waals surface area contributed by atoms with Crippen molar-refractivity contribution in [1.29, 1.82) is 0 Å². The molecular formula is C15H20N2O3. The van der Waals surface area contributed by atoms with Crippen molar-refractivity contribution in [2.24, 2.45) is 0 Å². The van der Waals surface area contributed by atoms with E-state index in [1.807, 2.05) is 13.0 Å². The fraction of sp³-hybridized carbons (Fsp3) is 0.467. The molecule has 108 valence electrons. The lowest BCUT2D eigenvalue weighted by Gasteiger charge is -2.46. The third kappa shape index (κ3) is 2.99. The Labute approximate surface area is 118 Å². The van der Waals surface area contributed by atoms with Crippen LogP contribution in [-0.4, -0.2) is 59.0 Å². The van der Waals surface area contributed by atoms with Crippen LogP contribution in [0.5, 0.6) is 0 Å². The highest BCUT2D eigenvalue weighted by Gasteiger charge is 2.42. The molecule has 1 fully saturated rings. The number of hydrogen-bond donors (Lipinski definition) is 1. The normalized spacial score (nSPS) is 16.4. The van der Waals surface area contributed by atoms with E-state index in [2.05, 4.69) is 0 Å². The minimum Gasteiger partial charge on any atom is -0.386 e. The largest absolute Gasteiger partial charge is 0.386 e. The summed E-state index contributed by atoms with van der Waals surface area (Å²) >= 11 is 0. The molecule has 2 amide bonds. The van der Waals surface area contributed by atoms with Crippen LogP contribution in [0.15, 0.2) is 30.3 Å². The molecule has 1 heterocycles. The zero-order valence-corrected chi connectivity index (χ0v) is 11.9. The van der Waals surface area contributed by atoms with Crippen LogP contribution >= 0.6 is 0 Å². The molecule has 0 aromatic heterocycles. The van der Waals surface area contributed by atoms with Crippen LogP contribution in [-0.2, 0) is 4.79 Å². The maximum absolute atomic E-state index is 12.1. The number of β-amino-alcohol motifs (C(OH)–C–C–N with tert-alkyl or cyclic N) is 1. The van der Waals surface area contributed by atoms with Gasteiger partial charge in [0.25, 0.3) is 5.91 Å². The molecule has 0 bridgehead atoms. The lowest BCUT2D eigenvalue weighted by Crippen LogP contribution is -2.64. The van der Waals surface area contributed by atoms with Gasteiger partial charge in [0.05, 0.1) is 25.2 Å². The smallest absolute Gasteiger partial charge is 0.254 e. The van der Waals surface area contributed by atoms with E-state index in [1.54, 1.807) is 36.2 Å². The first-order chi connectivity index (χ1) is 9.45. The molecule has 1 saturated heterocycles. The van der Waals surface area contributed by atoms with E-state index in [9.17, 15) is 14.7 Å². The van der Waals surface area contributed by atoms with Gasteiger partial charge in [-0.25, -0.2) is 0 Å². The first-order valence-corrected chi connectivity index (χ1v) is 6.76. The van der Waals surface area contributed by atoms with E-state index >= 15 is 0 Å². The van der Waals surface area contributed by atoms with Crippen LogP contribution in [0.4, 0.5) is 0 Å². The van der Waals surface area contributed by atoms with E-state index in [0.29, 0.717) is 25.1 Å². The molecule has 0 saturated carbocycles. The molecule has 20 heavy (non-hydrogen) atoms. The van der Waals surface area contributed by atoms with E-state index < -0.39 is 5.60 Å². The second kappa shape index (κ2) is 5.63. The predicted molar refractivity (Wildman–Crippen MR) is 75.2 cm³/mol. The number of benzene rings is 1. The van der Waals surface area contributed by atoms with E-state index in [4.69, 9.17) is 0 Å². The Kier molecular flexibility index (Phi) is 4.09. The number of aliphatic hydroxyl groups is 1. The Balaban J connectivity index is 1.88. The number of rotatable bonds is 4. The number of nitrogens with zero attached hydrogens (tertiary/aromatic N) is 2. The SMILES string of the molecule is CCC1(O)CN(C(=O)CN(C)C(=O)c2ccccc2)C1. The van der Waals surface area contributed by atoms with Gasteiger partial charge >= 0.3 is 0 Å². The quantitative estimate of drug-likeness (QED) is 0.882. The van der Waals surface area contributed by atoms with Crippen LogP contribution < -0.4 is 0 Å². The molecule has 1 aliphatic heterocycles. The number of hydrogen-bond acceptors (Lipinski definition) is 3. The average Bonchev–Trinajstić information content (AvgIpc) is 2.43. The number of likely N-dealkylation sites (tertiary alicyclic amines) is 1. The van der Waals surface area contributed by atoms with E-state index in [1.165, 1.54) is 4.90 Å². The Morgan fingerprint density at radius 2 is 1.90 bits per heavy atom.